The van der Waals surface area contributed by atoms with Crippen LogP contribution in [0.15, 0.2) is 70.5 Å². The number of carbonyl (C=O) groups is 3. The Balaban J connectivity index is 1.34. The van der Waals surface area contributed by atoms with E-state index in [1.54, 1.807) is 24.3 Å². The van der Waals surface area contributed by atoms with E-state index < -0.39 is 10.0 Å². The van der Waals surface area contributed by atoms with Crippen molar-refractivity contribution in [2.24, 2.45) is 17.0 Å². The second kappa shape index (κ2) is 8.89. The molecule has 3 N–H and O–H groups in total. The minimum Gasteiger partial charge on any atom is -0.325 e. The van der Waals surface area contributed by atoms with Crippen LogP contribution in [-0.2, 0) is 24.4 Å². The molecule has 32 heavy (non-hydrogen) atoms. The van der Waals surface area contributed by atoms with Crippen molar-refractivity contribution in [1.29, 1.82) is 0 Å². The molecule has 0 aromatic heterocycles. The number of thioether (sulfide) groups is 1. The number of sulfonamides is 1. The zero-order valence-corrected chi connectivity index (χ0v) is 18.6. The zero-order chi connectivity index (χ0) is 22.9. The van der Waals surface area contributed by atoms with Crippen LogP contribution >= 0.6 is 11.8 Å². The normalized spacial score (nSPS) is 20.3. The summed E-state index contributed by atoms with van der Waals surface area (Å²) in [5.41, 5.74) is 0.999. The van der Waals surface area contributed by atoms with Crippen LogP contribution in [0.3, 0.4) is 0 Å². The highest BCUT2D eigenvalue weighted by Crippen LogP contribution is 2.38. The third-order valence-corrected chi connectivity index (χ3v) is 7.38. The van der Waals surface area contributed by atoms with E-state index in [4.69, 9.17) is 5.14 Å². The predicted molar refractivity (Wildman–Crippen MR) is 121 cm³/mol. The first-order chi connectivity index (χ1) is 15.2. The number of hydrogen-bond donors (Lipinski definition) is 2. The largest absolute Gasteiger partial charge is 0.325 e. The molecule has 1 saturated heterocycles. The summed E-state index contributed by atoms with van der Waals surface area (Å²) >= 11 is 1.30. The van der Waals surface area contributed by atoms with Gasteiger partial charge in [-0.25, -0.2) is 13.6 Å². The van der Waals surface area contributed by atoms with Crippen molar-refractivity contribution >= 4 is 50.9 Å². The summed E-state index contributed by atoms with van der Waals surface area (Å²) in [4.78, 5) is 39.6. The van der Waals surface area contributed by atoms with E-state index in [1.807, 2.05) is 12.2 Å². The van der Waals surface area contributed by atoms with E-state index in [9.17, 15) is 22.8 Å². The van der Waals surface area contributed by atoms with Crippen molar-refractivity contribution in [3.63, 3.8) is 0 Å². The fourth-order valence-corrected chi connectivity index (χ4v) is 5.03. The monoisotopic (exact) mass is 471 g/mol. The number of anilines is 2. The molecule has 0 unspecified atom stereocenters. The molecule has 2 aromatic rings. The van der Waals surface area contributed by atoms with Gasteiger partial charge in [-0.15, -0.1) is 11.8 Å². The van der Waals surface area contributed by atoms with Crippen molar-refractivity contribution in [2.45, 2.75) is 22.6 Å². The van der Waals surface area contributed by atoms with Gasteiger partial charge in [-0.1, -0.05) is 12.2 Å². The molecule has 10 heteroatoms. The molecule has 1 fully saturated rings. The molecule has 1 aliphatic heterocycles. The van der Waals surface area contributed by atoms with Crippen LogP contribution in [0.4, 0.5) is 11.4 Å². The second-order valence-corrected chi connectivity index (χ2v) is 10.2. The number of imide groups is 1. The summed E-state index contributed by atoms with van der Waals surface area (Å²) in [5.74, 6) is -0.985. The topological polar surface area (TPSA) is 127 Å². The lowest BCUT2D eigenvalue weighted by atomic mass is 9.85. The number of rotatable bonds is 6. The van der Waals surface area contributed by atoms with Gasteiger partial charge in [0.25, 0.3) is 0 Å². The third kappa shape index (κ3) is 4.62. The summed E-state index contributed by atoms with van der Waals surface area (Å²) in [6.07, 6.45) is 5.10. The molecule has 8 nitrogen and oxygen atoms in total. The maximum Gasteiger partial charge on any atom is 0.238 e. The summed E-state index contributed by atoms with van der Waals surface area (Å²) in [6, 6.07) is 12.6. The summed E-state index contributed by atoms with van der Waals surface area (Å²) in [5, 5.41) is 7.74. The number of nitrogens with zero attached hydrogens (tertiary/aromatic N) is 1. The number of allylic oxidation sites excluding steroid dienone is 2. The fraction of sp³-hybridized carbons (Fsp3) is 0.227. The molecular formula is C22H21N3O5S2. The van der Waals surface area contributed by atoms with Crippen LogP contribution in [0.25, 0.3) is 0 Å². The van der Waals surface area contributed by atoms with Gasteiger partial charge in [-0.2, -0.15) is 0 Å². The van der Waals surface area contributed by atoms with Crippen LogP contribution < -0.4 is 15.4 Å². The van der Waals surface area contributed by atoms with Crippen LogP contribution in [0.2, 0.25) is 0 Å². The van der Waals surface area contributed by atoms with E-state index in [0.29, 0.717) is 24.2 Å². The molecule has 0 spiro atoms. The van der Waals surface area contributed by atoms with Crippen molar-refractivity contribution in [2.75, 3.05) is 16.0 Å². The lowest BCUT2D eigenvalue weighted by Crippen LogP contribution is -2.30. The first-order valence-corrected chi connectivity index (χ1v) is 12.5. The van der Waals surface area contributed by atoms with E-state index in [1.165, 1.54) is 40.9 Å². The second-order valence-electron chi connectivity index (χ2n) is 7.57. The quantitative estimate of drug-likeness (QED) is 0.379. The number of fused-ring (bicyclic) bond motifs is 1. The smallest absolute Gasteiger partial charge is 0.238 e. The Morgan fingerprint density at radius 1 is 0.969 bits per heavy atom. The standard InChI is InChI=1S/C22H21N3O5S2/c23-32(29,30)17-11-5-14(6-12-17)24-20(26)13-31-16-9-7-15(8-10-16)25-21(27)18-3-1-2-4-19(18)22(25)28/h1-2,5-12,18-19H,3-4,13H2,(H,24,26)(H2,23,29,30)/t18-,19+. The molecular weight excluding hydrogens is 450 g/mol. The van der Waals surface area contributed by atoms with Gasteiger partial charge in [0.15, 0.2) is 0 Å². The Morgan fingerprint density at radius 3 is 2.06 bits per heavy atom. The first kappa shape index (κ1) is 22.3. The summed E-state index contributed by atoms with van der Waals surface area (Å²) in [6.45, 7) is 0. The van der Waals surface area contributed by atoms with Gasteiger partial charge in [-0.05, 0) is 61.4 Å². The van der Waals surface area contributed by atoms with Gasteiger partial charge in [0, 0.05) is 10.6 Å². The summed E-state index contributed by atoms with van der Waals surface area (Å²) in [7, 11) is -3.78. The number of nitrogens with two attached hydrogens (primary N) is 1. The lowest BCUT2D eigenvalue weighted by Gasteiger charge is -2.15. The van der Waals surface area contributed by atoms with Crippen LogP contribution in [0.1, 0.15) is 12.8 Å². The highest BCUT2D eigenvalue weighted by atomic mass is 32.2. The predicted octanol–water partition coefficient (Wildman–Crippen LogP) is 2.52. The van der Waals surface area contributed by atoms with E-state index >= 15 is 0 Å². The summed E-state index contributed by atoms with van der Waals surface area (Å²) < 4.78 is 22.6. The Labute approximate surface area is 189 Å². The SMILES string of the molecule is NS(=O)(=O)c1ccc(NC(=O)CSc2ccc(N3C(=O)[C@H]4CC=CC[C@H]4C3=O)cc2)cc1. The molecule has 0 radical (unpaired) electrons. The highest BCUT2D eigenvalue weighted by Gasteiger charge is 2.47. The third-order valence-electron chi connectivity index (χ3n) is 5.44. The number of carbonyl (C=O) groups excluding carboxylic acids is 3. The molecule has 1 aliphatic carbocycles. The molecule has 2 aliphatic rings. The van der Waals surface area contributed by atoms with Crippen LogP contribution in [-0.4, -0.2) is 31.9 Å². The number of amides is 3. The minimum absolute atomic E-state index is 0.0320. The van der Waals surface area contributed by atoms with Gasteiger partial charge in [0.05, 0.1) is 28.2 Å². The first-order valence-electron chi connectivity index (χ1n) is 9.92. The molecule has 0 bridgehead atoms. The van der Waals surface area contributed by atoms with Gasteiger partial charge in [0.2, 0.25) is 27.7 Å². The van der Waals surface area contributed by atoms with Crippen LogP contribution in [0, 0.1) is 11.8 Å². The van der Waals surface area contributed by atoms with Crippen molar-refractivity contribution in [3.05, 3.63) is 60.7 Å². The van der Waals surface area contributed by atoms with Gasteiger partial charge < -0.3 is 5.32 Å². The van der Waals surface area contributed by atoms with Crippen LogP contribution in [0.5, 0.6) is 0 Å². The Kier molecular flexibility index (Phi) is 6.18. The average molecular weight is 472 g/mol. The molecule has 4 rings (SSSR count). The van der Waals surface area contributed by atoms with Gasteiger partial charge in [0.1, 0.15) is 0 Å². The van der Waals surface area contributed by atoms with Crippen molar-refractivity contribution < 1.29 is 22.8 Å². The molecule has 2 aromatic carbocycles. The Hall–Kier alpha value is -2.95. The van der Waals surface area contributed by atoms with Crippen molar-refractivity contribution in [1.82, 2.24) is 0 Å². The van der Waals surface area contributed by atoms with E-state index in [0.717, 1.165) is 4.90 Å². The Bertz CT molecular complexity index is 1170. The van der Waals surface area contributed by atoms with Gasteiger partial charge >= 0.3 is 0 Å². The fourth-order valence-electron chi connectivity index (χ4n) is 3.82. The van der Waals surface area contributed by atoms with Gasteiger partial charge in [-0.3, -0.25) is 19.3 Å². The number of nitrogens with one attached hydrogen (secondary N) is 1. The van der Waals surface area contributed by atoms with E-state index in [2.05, 4.69) is 5.32 Å². The Morgan fingerprint density at radius 2 is 1.53 bits per heavy atom. The zero-order valence-electron chi connectivity index (χ0n) is 16.9. The maximum atomic E-state index is 12.7. The number of hydrogen-bond acceptors (Lipinski definition) is 6. The number of benzene rings is 2. The number of primary sulfonamides is 1. The molecule has 3 amide bonds. The molecule has 166 valence electrons. The molecule has 2 atom stereocenters. The molecule has 0 saturated carbocycles. The minimum atomic E-state index is -3.78. The van der Waals surface area contributed by atoms with E-state index in [-0.39, 0.29) is 40.2 Å². The maximum absolute atomic E-state index is 12.7. The highest BCUT2D eigenvalue weighted by molar-refractivity contribution is 8.00. The molecule has 1 heterocycles. The lowest BCUT2D eigenvalue weighted by molar-refractivity contribution is -0.122. The average Bonchev–Trinajstić information content (AvgIpc) is 3.03. The van der Waals surface area contributed by atoms with Crippen molar-refractivity contribution in [3.8, 4) is 0 Å².